The maximum absolute atomic E-state index is 3.78. The molecule has 3 aromatic heterocycles. The van der Waals surface area contributed by atoms with E-state index in [4.69, 9.17) is 0 Å². The number of aromatic nitrogens is 1. The molecule has 6 aromatic carbocycles. The van der Waals surface area contributed by atoms with Crippen molar-refractivity contribution < 1.29 is 0 Å². The third-order valence-electron chi connectivity index (χ3n) is 13.2. The minimum Gasteiger partial charge on any atom is -0.355 e. The molecule has 3 heterocycles. The fourth-order valence-corrected chi connectivity index (χ4v) is 11.0. The first-order chi connectivity index (χ1) is 26.7. The van der Waals surface area contributed by atoms with Crippen molar-refractivity contribution >= 4 is 84.8 Å². The van der Waals surface area contributed by atoms with Crippen molar-refractivity contribution in [1.29, 1.82) is 0 Å². The normalized spacial score (nSPS) is 14.5. The van der Waals surface area contributed by atoms with Gasteiger partial charge >= 0.3 is 0 Å². The fraction of sp³-hybridized carbons (Fsp3) is 0.308. The van der Waals surface area contributed by atoms with Crippen LogP contribution >= 0.6 is 22.7 Å². The molecule has 9 aromatic rings. The molecule has 0 aliphatic rings. The Morgan fingerprint density at radius 3 is 1.18 bits per heavy atom. The van der Waals surface area contributed by atoms with Crippen LogP contribution in [0.25, 0.3) is 84.4 Å². The summed E-state index contributed by atoms with van der Waals surface area (Å²) in [6.45, 7) is 18.7. The van der Waals surface area contributed by atoms with Gasteiger partial charge in [0.25, 0.3) is 0 Å². The number of aromatic amines is 1. The lowest BCUT2D eigenvalue weighted by Crippen LogP contribution is -1.93. The van der Waals surface area contributed by atoms with Gasteiger partial charge in [-0.05, 0) is 167 Å². The number of thiophene rings is 2. The molecule has 0 bridgehead atoms. The number of nitrogens with one attached hydrogen (secondary N) is 1. The van der Waals surface area contributed by atoms with Crippen molar-refractivity contribution in [3.63, 3.8) is 0 Å². The summed E-state index contributed by atoms with van der Waals surface area (Å²) in [5.74, 6) is 2.10. The summed E-state index contributed by atoms with van der Waals surface area (Å²) in [6, 6.07) is 38.6. The summed E-state index contributed by atoms with van der Waals surface area (Å²) < 4.78 is 5.55. The van der Waals surface area contributed by atoms with Gasteiger partial charge in [0.05, 0.1) is 0 Å². The highest BCUT2D eigenvalue weighted by molar-refractivity contribution is 7.26. The van der Waals surface area contributed by atoms with Gasteiger partial charge in [0, 0.05) is 62.2 Å². The van der Waals surface area contributed by atoms with Crippen LogP contribution in [0.15, 0.2) is 97.1 Å². The molecule has 0 fully saturated rings. The Hall–Kier alpha value is -4.44. The second-order valence-corrected chi connectivity index (χ2v) is 18.6. The molecule has 0 spiro atoms. The Kier molecular flexibility index (Phi) is 9.38. The molecule has 1 N–H and O–H groups in total. The van der Waals surface area contributed by atoms with E-state index in [1.165, 1.54) is 107 Å². The number of benzene rings is 6. The van der Waals surface area contributed by atoms with Crippen LogP contribution in [-0.2, 0) is 0 Å². The highest BCUT2D eigenvalue weighted by Gasteiger charge is 2.20. The van der Waals surface area contributed by atoms with Gasteiger partial charge in [-0.1, -0.05) is 79.7 Å². The van der Waals surface area contributed by atoms with Gasteiger partial charge in [-0.25, -0.2) is 0 Å². The third-order valence-corrected chi connectivity index (χ3v) is 15.6. The number of H-pyrrole nitrogens is 1. The van der Waals surface area contributed by atoms with Crippen molar-refractivity contribution in [3.8, 4) is 22.3 Å². The predicted molar refractivity (Wildman–Crippen MR) is 247 cm³/mol. The summed E-state index contributed by atoms with van der Waals surface area (Å²) in [7, 11) is 0. The van der Waals surface area contributed by atoms with Gasteiger partial charge in [0.1, 0.15) is 0 Å². The fourth-order valence-electron chi connectivity index (χ4n) is 8.62. The zero-order valence-corrected chi connectivity index (χ0v) is 35.3. The minimum absolute atomic E-state index is 0.494. The van der Waals surface area contributed by atoms with E-state index in [-0.39, 0.29) is 0 Å². The van der Waals surface area contributed by atoms with Gasteiger partial charge < -0.3 is 4.98 Å². The second kappa shape index (κ2) is 14.3. The Labute approximate surface area is 334 Å². The van der Waals surface area contributed by atoms with Crippen molar-refractivity contribution in [2.24, 2.45) is 0 Å². The van der Waals surface area contributed by atoms with Crippen LogP contribution in [0, 0.1) is 0 Å². The summed E-state index contributed by atoms with van der Waals surface area (Å²) in [6.07, 6.45) is 4.56. The van der Waals surface area contributed by atoms with Crippen LogP contribution in [0.5, 0.6) is 0 Å². The van der Waals surface area contributed by atoms with Crippen LogP contribution in [0.2, 0.25) is 0 Å². The van der Waals surface area contributed by atoms with Crippen molar-refractivity contribution in [1.82, 2.24) is 4.98 Å². The maximum atomic E-state index is 3.78. The lowest BCUT2D eigenvalue weighted by Gasteiger charge is -2.14. The second-order valence-electron chi connectivity index (χ2n) is 16.5. The van der Waals surface area contributed by atoms with E-state index in [1.54, 1.807) is 0 Å². The molecule has 0 saturated heterocycles. The van der Waals surface area contributed by atoms with E-state index in [0.29, 0.717) is 23.7 Å². The van der Waals surface area contributed by atoms with Gasteiger partial charge in [-0.3, -0.25) is 0 Å². The van der Waals surface area contributed by atoms with Crippen LogP contribution < -0.4 is 0 Å². The molecule has 9 rings (SSSR count). The van der Waals surface area contributed by atoms with Crippen molar-refractivity contribution in [2.45, 2.75) is 105 Å². The first-order valence-electron chi connectivity index (χ1n) is 20.8. The molecule has 0 aliphatic carbocycles. The minimum atomic E-state index is 0.494. The van der Waals surface area contributed by atoms with Crippen LogP contribution in [0.3, 0.4) is 0 Å². The Morgan fingerprint density at radius 2 is 0.782 bits per heavy atom. The van der Waals surface area contributed by atoms with E-state index in [0.717, 1.165) is 25.7 Å². The average Bonchev–Trinajstić information content (AvgIpc) is 3.91. The van der Waals surface area contributed by atoms with Crippen LogP contribution in [0.1, 0.15) is 127 Å². The summed E-state index contributed by atoms with van der Waals surface area (Å²) in [5, 5.41) is 8.21. The van der Waals surface area contributed by atoms with Gasteiger partial charge in [-0.15, -0.1) is 22.7 Å². The molecule has 4 unspecified atom stereocenters. The quantitative estimate of drug-likeness (QED) is 0.143. The molecular formula is C52H53NS2. The SMILES string of the molecule is CCC(C)c1ccc2sc3c(-c4ccc5[nH]c6ccc(-c7cc(C(C)CC)cc8c7sc7ccc(C(C)CC)cc78)cc6c5c4)cc(C(C)CC)cc3c2c1. The predicted octanol–water partition coefficient (Wildman–Crippen LogP) is 17.4. The van der Waals surface area contributed by atoms with Gasteiger partial charge in [0.15, 0.2) is 0 Å². The van der Waals surface area contributed by atoms with E-state index in [9.17, 15) is 0 Å². The Morgan fingerprint density at radius 1 is 0.400 bits per heavy atom. The summed E-state index contributed by atoms with van der Waals surface area (Å²) in [5.41, 5.74) is 13.5. The van der Waals surface area contributed by atoms with Crippen molar-refractivity contribution in [3.05, 3.63) is 119 Å². The molecular weight excluding hydrogens is 703 g/mol. The van der Waals surface area contributed by atoms with Crippen LogP contribution in [0.4, 0.5) is 0 Å². The lowest BCUT2D eigenvalue weighted by molar-refractivity contribution is 0.734. The number of hydrogen-bond donors (Lipinski definition) is 1. The summed E-state index contributed by atoms with van der Waals surface area (Å²) in [4.78, 5) is 3.78. The van der Waals surface area contributed by atoms with E-state index < -0.39 is 0 Å². The monoisotopic (exact) mass is 755 g/mol. The molecule has 0 radical (unpaired) electrons. The molecule has 278 valence electrons. The standard InChI is InChI=1S/C52H53NS2/c1-9-29(5)33-15-19-49-43(21-33)45-27-37(31(7)11-3)25-39(51(45)54-49)35-13-17-47-41(23-35)42-24-36(14-18-48(42)53-47)40-26-38(32(8)12-4)28-46-44-22-34(30(6)10-2)16-20-50(44)55-52(40)46/h13-32,53H,9-12H2,1-8H3. The Balaban J connectivity index is 1.24. The first-order valence-corrected chi connectivity index (χ1v) is 22.4. The summed E-state index contributed by atoms with van der Waals surface area (Å²) >= 11 is 3.91. The van der Waals surface area contributed by atoms with E-state index >= 15 is 0 Å². The molecule has 3 heteroatoms. The van der Waals surface area contributed by atoms with Crippen LogP contribution in [-0.4, -0.2) is 4.98 Å². The third kappa shape index (κ3) is 6.10. The molecule has 0 saturated carbocycles. The zero-order chi connectivity index (χ0) is 38.1. The zero-order valence-electron chi connectivity index (χ0n) is 33.7. The molecule has 0 amide bonds. The topological polar surface area (TPSA) is 15.8 Å². The Bertz CT molecular complexity index is 2700. The van der Waals surface area contributed by atoms with Crippen molar-refractivity contribution in [2.75, 3.05) is 0 Å². The average molecular weight is 756 g/mol. The number of hydrogen-bond acceptors (Lipinski definition) is 2. The lowest BCUT2D eigenvalue weighted by atomic mass is 9.90. The molecule has 4 atom stereocenters. The number of rotatable bonds is 10. The molecule has 1 nitrogen and oxygen atoms in total. The highest BCUT2D eigenvalue weighted by Crippen LogP contribution is 2.46. The van der Waals surface area contributed by atoms with Gasteiger partial charge in [-0.2, -0.15) is 0 Å². The first kappa shape index (κ1) is 36.2. The van der Waals surface area contributed by atoms with Gasteiger partial charge in [0.2, 0.25) is 0 Å². The largest absolute Gasteiger partial charge is 0.355 e. The maximum Gasteiger partial charge on any atom is 0.0465 e. The molecule has 0 aliphatic heterocycles. The molecule has 55 heavy (non-hydrogen) atoms. The highest BCUT2D eigenvalue weighted by atomic mass is 32.1. The smallest absolute Gasteiger partial charge is 0.0465 e. The van der Waals surface area contributed by atoms with E-state index in [2.05, 4.69) is 157 Å². The number of fused-ring (bicyclic) bond motifs is 9. The van der Waals surface area contributed by atoms with E-state index in [1.807, 2.05) is 22.7 Å².